The van der Waals surface area contributed by atoms with Crippen LogP contribution in [-0.2, 0) is 6.54 Å². The number of fused-ring (bicyclic) bond motifs is 1. The number of ether oxygens (including phenoxy) is 1. The molecule has 0 radical (unpaired) electrons. The van der Waals surface area contributed by atoms with Crippen LogP contribution < -0.4 is 15.4 Å². The lowest BCUT2D eigenvalue weighted by molar-refractivity contribution is 0.184. The third-order valence-electron chi connectivity index (χ3n) is 4.88. The fourth-order valence-corrected chi connectivity index (χ4v) is 4.04. The minimum absolute atomic E-state index is 0. The van der Waals surface area contributed by atoms with Gasteiger partial charge in [-0.1, -0.05) is 18.2 Å². The van der Waals surface area contributed by atoms with Gasteiger partial charge in [0.05, 0.1) is 6.61 Å². The highest BCUT2D eigenvalue weighted by Crippen LogP contribution is 2.30. The van der Waals surface area contributed by atoms with Gasteiger partial charge in [0, 0.05) is 42.0 Å². The number of hydrogen-bond donors (Lipinski definition) is 3. The molecule has 2 aromatic heterocycles. The molecule has 1 aliphatic rings. The Morgan fingerprint density at radius 1 is 1.27 bits per heavy atom. The van der Waals surface area contributed by atoms with Crippen LogP contribution in [0, 0.1) is 5.92 Å². The molecule has 0 bridgehead atoms. The summed E-state index contributed by atoms with van der Waals surface area (Å²) in [6.07, 6.45) is 3.70. The van der Waals surface area contributed by atoms with Gasteiger partial charge < -0.3 is 20.5 Å². The second-order valence-electron chi connectivity index (χ2n) is 7.27. The van der Waals surface area contributed by atoms with Crippen molar-refractivity contribution in [2.24, 2.45) is 10.9 Å². The first-order valence-electron chi connectivity index (χ1n) is 9.90. The largest absolute Gasteiger partial charge is 0.477 e. The summed E-state index contributed by atoms with van der Waals surface area (Å²) >= 11 is 1.62. The standard InChI is InChI=1S/C22H26N4O2S.HI/c1-23-22(25-12-16-8-9-24-21(10-16)28-14-15-6-7-15)26-13-18(27)20-11-17-4-2-3-5-19(17)29-20;/h2-5,8-11,15,18,27H,6-7,12-14H2,1H3,(H2,23,25,26);1H. The summed E-state index contributed by atoms with van der Waals surface area (Å²) in [5.41, 5.74) is 1.07. The van der Waals surface area contributed by atoms with Gasteiger partial charge in [-0.2, -0.15) is 0 Å². The number of thiophene rings is 1. The van der Waals surface area contributed by atoms with E-state index in [1.54, 1.807) is 24.6 Å². The maximum Gasteiger partial charge on any atom is 0.213 e. The number of aliphatic hydroxyl groups excluding tert-OH is 1. The van der Waals surface area contributed by atoms with E-state index in [1.807, 2.05) is 30.3 Å². The van der Waals surface area contributed by atoms with Crippen LogP contribution in [-0.4, -0.2) is 36.2 Å². The van der Waals surface area contributed by atoms with Crippen LogP contribution >= 0.6 is 35.3 Å². The second kappa shape index (κ2) is 10.9. The van der Waals surface area contributed by atoms with Gasteiger partial charge in [-0.15, -0.1) is 35.3 Å². The van der Waals surface area contributed by atoms with Crippen molar-refractivity contribution < 1.29 is 9.84 Å². The van der Waals surface area contributed by atoms with Gasteiger partial charge in [0.2, 0.25) is 5.88 Å². The third-order valence-corrected chi connectivity index (χ3v) is 6.10. The Morgan fingerprint density at radius 3 is 2.87 bits per heavy atom. The number of rotatable bonds is 8. The number of benzene rings is 1. The number of hydrogen-bond acceptors (Lipinski definition) is 5. The SMILES string of the molecule is CN=C(NCc1ccnc(OCC2CC2)c1)NCC(O)c1cc2ccccc2s1.I. The van der Waals surface area contributed by atoms with Crippen LogP contribution in [0.5, 0.6) is 5.88 Å². The van der Waals surface area contributed by atoms with E-state index in [9.17, 15) is 5.11 Å². The normalized spacial score (nSPS) is 14.8. The fourth-order valence-electron chi connectivity index (χ4n) is 2.99. The Morgan fingerprint density at radius 2 is 2.10 bits per heavy atom. The minimum Gasteiger partial charge on any atom is -0.477 e. The van der Waals surface area contributed by atoms with E-state index in [1.165, 1.54) is 17.5 Å². The number of aliphatic hydroxyl groups is 1. The van der Waals surface area contributed by atoms with Gasteiger partial charge in [-0.05, 0) is 47.9 Å². The van der Waals surface area contributed by atoms with Crippen molar-refractivity contribution in [3.63, 3.8) is 0 Å². The first-order chi connectivity index (χ1) is 14.2. The molecule has 0 amide bonds. The van der Waals surface area contributed by atoms with Crippen LogP contribution in [0.25, 0.3) is 10.1 Å². The predicted octanol–water partition coefficient (Wildman–Crippen LogP) is 4.10. The van der Waals surface area contributed by atoms with Crippen LogP contribution in [0.4, 0.5) is 0 Å². The van der Waals surface area contributed by atoms with Gasteiger partial charge in [-0.3, -0.25) is 4.99 Å². The van der Waals surface area contributed by atoms with Crippen molar-refractivity contribution in [1.29, 1.82) is 0 Å². The number of pyridine rings is 1. The summed E-state index contributed by atoms with van der Waals surface area (Å²) in [4.78, 5) is 9.46. The highest BCUT2D eigenvalue weighted by molar-refractivity contribution is 14.0. The van der Waals surface area contributed by atoms with E-state index in [2.05, 4.69) is 32.7 Å². The van der Waals surface area contributed by atoms with E-state index in [0.29, 0.717) is 30.8 Å². The molecule has 1 fully saturated rings. The highest BCUT2D eigenvalue weighted by Gasteiger charge is 2.22. The lowest BCUT2D eigenvalue weighted by Crippen LogP contribution is -2.38. The molecule has 3 N–H and O–H groups in total. The number of aromatic nitrogens is 1. The quantitative estimate of drug-likeness (QED) is 0.229. The molecule has 1 atom stereocenters. The van der Waals surface area contributed by atoms with Gasteiger partial charge in [0.15, 0.2) is 5.96 Å². The van der Waals surface area contributed by atoms with Crippen LogP contribution in [0.1, 0.15) is 29.4 Å². The molecule has 0 aliphatic heterocycles. The Labute approximate surface area is 197 Å². The Kier molecular flexibility index (Phi) is 8.29. The summed E-state index contributed by atoms with van der Waals surface area (Å²) in [6.45, 7) is 1.74. The van der Waals surface area contributed by atoms with Gasteiger partial charge in [0.1, 0.15) is 6.10 Å². The van der Waals surface area contributed by atoms with Gasteiger partial charge in [0.25, 0.3) is 0 Å². The van der Waals surface area contributed by atoms with Crippen LogP contribution in [0.15, 0.2) is 53.7 Å². The first-order valence-corrected chi connectivity index (χ1v) is 10.7. The average Bonchev–Trinajstić information content (AvgIpc) is 3.48. The van der Waals surface area contributed by atoms with E-state index in [0.717, 1.165) is 22.4 Å². The summed E-state index contributed by atoms with van der Waals surface area (Å²) in [5.74, 6) is 2.01. The molecule has 1 saturated carbocycles. The predicted molar refractivity (Wildman–Crippen MR) is 133 cm³/mol. The molecule has 30 heavy (non-hydrogen) atoms. The van der Waals surface area contributed by atoms with E-state index in [4.69, 9.17) is 4.74 Å². The number of nitrogens with zero attached hydrogens (tertiary/aromatic N) is 2. The number of aliphatic imine (C=N–C) groups is 1. The fraction of sp³-hybridized carbons (Fsp3) is 0.364. The maximum absolute atomic E-state index is 10.5. The van der Waals surface area contributed by atoms with Crippen molar-refractivity contribution in [1.82, 2.24) is 15.6 Å². The molecule has 3 aromatic rings. The van der Waals surface area contributed by atoms with Crippen molar-refractivity contribution in [3.8, 4) is 5.88 Å². The Hall–Kier alpha value is -1.91. The first kappa shape index (κ1) is 22.8. The molecule has 0 spiro atoms. The van der Waals surface area contributed by atoms with E-state index >= 15 is 0 Å². The van der Waals surface area contributed by atoms with Gasteiger partial charge >= 0.3 is 0 Å². The zero-order valence-corrected chi connectivity index (χ0v) is 20.0. The molecule has 1 aliphatic carbocycles. The van der Waals surface area contributed by atoms with Crippen LogP contribution in [0.2, 0.25) is 0 Å². The molecular formula is C22H27IN4O2S. The van der Waals surface area contributed by atoms with E-state index < -0.39 is 6.10 Å². The molecule has 4 rings (SSSR count). The minimum atomic E-state index is -0.589. The molecule has 160 valence electrons. The Bertz CT molecular complexity index is 957. The Balaban J connectivity index is 0.00000256. The summed E-state index contributed by atoms with van der Waals surface area (Å²) in [6, 6.07) is 14.1. The van der Waals surface area contributed by atoms with Crippen LogP contribution in [0.3, 0.4) is 0 Å². The summed E-state index contributed by atoms with van der Waals surface area (Å²) in [7, 11) is 1.72. The van der Waals surface area contributed by atoms with Crippen molar-refractivity contribution in [3.05, 3.63) is 59.1 Å². The second-order valence-corrected chi connectivity index (χ2v) is 8.38. The average molecular weight is 538 g/mol. The van der Waals surface area contributed by atoms with Crippen molar-refractivity contribution >= 4 is 51.4 Å². The molecule has 1 aromatic carbocycles. The van der Waals surface area contributed by atoms with Crippen molar-refractivity contribution in [2.75, 3.05) is 20.2 Å². The zero-order valence-electron chi connectivity index (χ0n) is 16.9. The summed E-state index contributed by atoms with van der Waals surface area (Å²) < 4.78 is 6.92. The topological polar surface area (TPSA) is 78.8 Å². The summed E-state index contributed by atoms with van der Waals surface area (Å²) in [5, 5.41) is 18.2. The number of guanidine groups is 1. The van der Waals surface area contributed by atoms with Crippen molar-refractivity contribution in [2.45, 2.75) is 25.5 Å². The molecule has 1 unspecified atom stereocenters. The highest BCUT2D eigenvalue weighted by atomic mass is 127. The molecule has 6 nitrogen and oxygen atoms in total. The maximum atomic E-state index is 10.5. The number of halogens is 1. The monoisotopic (exact) mass is 538 g/mol. The van der Waals surface area contributed by atoms with Gasteiger partial charge in [-0.25, -0.2) is 4.98 Å². The smallest absolute Gasteiger partial charge is 0.213 e. The van der Waals surface area contributed by atoms with E-state index in [-0.39, 0.29) is 24.0 Å². The third kappa shape index (κ3) is 6.29. The molecule has 0 saturated heterocycles. The number of nitrogens with one attached hydrogen (secondary N) is 2. The lowest BCUT2D eigenvalue weighted by Gasteiger charge is -2.15. The lowest BCUT2D eigenvalue weighted by atomic mass is 10.2. The molecule has 2 heterocycles. The zero-order chi connectivity index (χ0) is 20.1. The molecule has 8 heteroatoms. The molecular weight excluding hydrogens is 511 g/mol.